The highest BCUT2D eigenvalue weighted by molar-refractivity contribution is 8.23. The van der Waals surface area contributed by atoms with Gasteiger partial charge in [0.2, 0.25) is 11.6 Å². The highest BCUT2D eigenvalue weighted by Crippen LogP contribution is 2.57. The quantitative estimate of drug-likeness (QED) is 0.232. The minimum atomic E-state index is -0.504. The average Bonchev–Trinajstić information content (AvgIpc) is 3.01. The second kappa shape index (κ2) is 12.7. The van der Waals surface area contributed by atoms with Crippen LogP contribution >= 0.6 is 47.0 Å². The van der Waals surface area contributed by atoms with Gasteiger partial charge in [0, 0.05) is 33.4 Å². The topological polar surface area (TPSA) is 115 Å². The summed E-state index contributed by atoms with van der Waals surface area (Å²) in [5.41, 5.74) is 5.58. The normalized spacial score (nSPS) is 19.1. The number of aryl methyl sites for hydroxylation is 2. The maximum atomic E-state index is 13.9. The molecule has 4 N–H and O–H groups in total. The Morgan fingerprint density at radius 1 is 0.565 bits per heavy atom. The second-order valence-electron chi connectivity index (χ2n) is 12.6. The smallest absolute Gasteiger partial charge is 0.230 e. The second-order valence-corrected chi connectivity index (χ2v) is 17.5. The molecule has 2 aromatic rings. The summed E-state index contributed by atoms with van der Waals surface area (Å²) < 4.78 is 1.55. The molecule has 46 heavy (non-hydrogen) atoms. The van der Waals surface area contributed by atoms with E-state index in [4.69, 9.17) is 0 Å². The molecular weight excluding hydrogens is 657 g/mol. The van der Waals surface area contributed by atoms with Gasteiger partial charge in [-0.1, -0.05) is 39.8 Å². The molecule has 6 nitrogen and oxygen atoms in total. The van der Waals surface area contributed by atoms with Gasteiger partial charge in [-0.3, -0.25) is 9.59 Å². The van der Waals surface area contributed by atoms with E-state index < -0.39 is 11.6 Å². The number of carbonyl (C=O) groups is 2. The van der Waals surface area contributed by atoms with Gasteiger partial charge in [-0.05, 0) is 83.8 Å². The number of allylic oxidation sites excluding steroid dienone is 4. The van der Waals surface area contributed by atoms with Crippen LogP contribution in [0.25, 0.3) is 33.4 Å². The predicted molar refractivity (Wildman–Crippen MR) is 196 cm³/mol. The molecule has 0 spiro atoms. The van der Waals surface area contributed by atoms with Crippen molar-refractivity contribution in [3.05, 3.63) is 65.5 Å². The number of aliphatic hydroxyl groups is 2. The number of aromatic hydroxyl groups is 2. The summed E-state index contributed by atoms with van der Waals surface area (Å²) in [6.45, 7) is 11.3. The molecule has 10 heteroatoms. The fourth-order valence-corrected chi connectivity index (χ4v) is 12.1. The van der Waals surface area contributed by atoms with Crippen molar-refractivity contribution in [1.82, 2.24) is 0 Å². The lowest BCUT2D eigenvalue weighted by Crippen LogP contribution is -2.20. The van der Waals surface area contributed by atoms with E-state index in [2.05, 4.69) is 0 Å². The first-order valence-corrected chi connectivity index (χ1v) is 19.5. The van der Waals surface area contributed by atoms with E-state index in [1.165, 1.54) is 0 Å². The first kappa shape index (κ1) is 33.2. The molecule has 0 bridgehead atoms. The van der Waals surface area contributed by atoms with E-state index in [1.807, 2.05) is 53.7 Å². The zero-order valence-electron chi connectivity index (χ0n) is 26.8. The molecule has 2 aliphatic carbocycles. The number of rotatable bonds is 3. The molecule has 2 aromatic carbocycles. The molecule has 2 fully saturated rings. The number of fused-ring (bicyclic) bond motifs is 2. The summed E-state index contributed by atoms with van der Waals surface area (Å²) in [5.74, 6) is 1.09. The van der Waals surface area contributed by atoms with Crippen molar-refractivity contribution in [2.24, 2.45) is 11.8 Å². The van der Waals surface area contributed by atoms with Gasteiger partial charge in [-0.25, -0.2) is 0 Å². The van der Waals surface area contributed by atoms with Crippen LogP contribution in [0.3, 0.4) is 0 Å². The molecule has 0 unspecified atom stereocenters. The Balaban J connectivity index is 1.71. The summed E-state index contributed by atoms with van der Waals surface area (Å²) in [7, 11) is 0. The number of phenols is 2. The highest BCUT2D eigenvalue weighted by Gasteiger charge is 2.40. The molecule has 0 radical (unpaired) electrons. The van der Waals surface area contributed by atoms with E-state index in [9.17, 15) is 30.0 Å². The van der Waals surface area contributed by atoms with E-state index >= 15 is 0 Å². The minimum absolute atomic E-state index is 0.137. The fourth-order valence-electron chi connectivity index (χ4n) is 6.83. The van der Waals surface area contributed by atoms with Crippen LogP contribution in [0.5, 0.6) is 11.5 Å². The van der Waals surface area contributed by atoms with Gasteiger partial charge in [-0.15, -0.1) is 47.0 Å². The molecule has 4 aliphatic rings. The average molecular weight is 695 g/mol. The number of hydrogen-bond acceptors (Lipinski definition) is 10. The zero-order valence-corrected chi connectivity index (χ0v) is 30.1. The number of hydrogen-bond donors (Lipinski definition) is 4. The number of aliphatic hydroxyl groups excluding tert-OH is 2. The van der Waals surface area contributed by atoms with Crippen LogP contribution in [0.1, 0.15) is 73.9 Å². The molecule has 0 atom stereocenters. The van der Waals surface area contributed by atoms with Gasteiger partial charge in [0.25, 0.3) is 0 Å². The Bertz CT molecular complexity index is 1690. The molecule has 2 heterocycles. The maximum Gasteiger partial charge on any atom is 0.230 e. The standard InChI is InChI=1S/C36H38O6S4/c1-15(2)21-19-13-17(5)23(29(37)25(19)27(33(41)31(21)39)35-43-9-7-10-44-35)24-18(6)14-20-22(16(3)4)32(40)34(42)28(26(20)30(24)38)36-45-11-8-12-46-36/h13-16,37-40H,7-12H2,1-6H3. The van der Waals surface area contributed by atoms with Crippen LogP contribution in [-0.4, -0.2) is 55.0 Å². The van der Waals surface area contributed by atoms with Gasteiger partial charge in [0.15, 0.2) is 11.5 Å². The number of phenolic OH excluding ortho intramolecular Hbond substituents is 2. The number of benzene rings is 2. The Morgan fingerprint density at radius 3 is 1.20 bits per heavy atom. The van der Waals surface area contributed by atoms with Crippen LogP contribution in [0, 0.1) is 25.7 Å². The summed E-state index contributed by atoms with van der Waals surface area (Å²) in [4.78, 5) is 27.7. The van der Waals surface area contributed by atoms with Crippen molar-refractivity contribution in [1.29, 1.82) is 0 Å². The van der Waals surface area contributed by atoms with Gasteiger partial charge >= 0.3 is 0 Å². The Labute approximate surface area is 286 Å². The van der Waals surface area contributed by atoms with E-state index in [-0.39, 0.29) is 34.9 Å². The third-order valence-corrected chi connectivity index (χ3v) is 14.0. The predicted octanol–water partition coefficient (Wildman–Crippen LogP) is 9.47. The van der Waals surface area contributed by atoms with Crippen molar-refractivity contribution in [2.75, 3.05) is 23.0 Å². The summed E-state index contributed by atoms with van der Waals surface area (Å²) >= 11 is 6.23. The monoisotopic (exact) mass is 694 g/mol. The van der Waals surface area contributed by atoms with E-state index in [1.54, 1.807) is 47.0 Å². The lowest BCUT2D eigenvalue weighted by Gasteiger charge is -2.31. The number of carbonyl (C=O) groups excluding carboxylic acids is 2. The van der Waals surface area contributed by atoms with Crippen LogP contribution < -0.4 is 0 Å². The van der Waals surface area contributed by atoms with E-state index in [0.717, 1.165) is 44.3 Å². The van der Waals surface area contributed by atoms with Gasteiger partial charge in [-0.2, -0.15) is 0 Å². The third kappa shape index (κ3) is 5.24. The molecule has 242 valence electrons. The first-order chi connectivity index (χ1) is 21.9. The van der Waals surface area contributed by atoms with Crippen LogP contribution in [-0.2, 0) is 9.59 Å². The molecule has 0 aromatic heterocycles. The van der Waals surface area contributed by atoms with Gasteiger partial charge in [0.1, 0.15) is 11.5 Å². The minimum Gasteiger partial charge on any atom is -0.507 e. The van der Waals surface area contributed by atoms with Crippen LogP contribution in [0.4, 0.5) is 0 Å². The first-order valence-electron chi connectivity index (χ1n) is 15.6. The molecule has 6 rings (SSSR count). The van der Waals surface area contributed by atoms with E-state index in [0.29, 0.717) is 66.8 Å². The maximum absolute atomic E-state index is 13.9. The van der Waals surface area contributed by atoms with Gasteiger partial charge < -0.3 is 20.4 Å². The SMILES string of the molecule is Cc1cc2c(c(O)c1-c1c(C)cc3c(c1O)C(=C1SCCCS1)C(=O)C(O)=C3C(C)C)C(=C1SCCCS1)C(=O)C(O)=C2C(C)C. The lowest BCUT2D eigenvalue weighted by molar-refractivity contribution is -0.113. The molecular formula is C36H38O6S4. The van der Waals surface area contributed by atoms with Crippen molar-refractivity contribution in [3.8, 4) is 22.6 Å². The molecule has 2 aliphatic heterocycles. The molecule has 0 saturated carbocycles. The summed E-state index contributed by atoms with van der Waals surface area (Å²) in [6, 6.07) is 3.78. The zero-order chi connectivity index (χ0) is 33.2. The van der Waals surface area contributed by atoms with Crippen LogP contribution in [0.2, 0.25) is 0 Å². The van der Waals surface area contributed by atoms with Crippen molar-refractivity contribution in [3.63, 3.8) is 0 Å². The number of Topliss-reactive ketones (excluding diaryl/α,β-unsaturated/α-hetero) is 2. The van der Waals surface area contributed by atoms with Crippen molar-refractivity contribution < 1.29 is 30.0 Å². The van der Waals surface area contributed by atoms with Crippen LogP contribution in [0.15, 0.2) is 32.1 Å². The van der Waals surface area contributed by atoms with Crippen molar-refractivity contribution >= 4 is 80.9 Å². The Kier molecular flexibility index (Phi) is 9.21. The lowest BCUT2D eigenvalue weighted by atomic mass is 9.75. The van der Waals surface area contributed by atoms with Crippen molar-refractivity contribution in [2.45, 2.75) is 54.4 Å². The fraction of sp³-hybridized carbons (Fsp3) is 0.389. The molecule has 0 amide bonds. The highest BCUT2D eigenvalue weighted by atomic mass is 32.2. The summed E-state index contributed by atoms with van der Waals surface area (Å²) in [5, 5.41) is 47.0. The van der Waals surface area contributed by atoms with Gasteiger partial charge in [0.05, 0.1) is 19.6 Å². The number of thioether (sulfide) groups is 4. The Morgan fingerprint density at radius 2 is 0.891 bits per heavy atom. The summed E-state index contributed by atoms with van der Waals surface area (Å²) in [6.07, 6.45) is 1.99. The number of ketones is 2. The third-order valence-electron chi connectivity index (χ3n) is 8.79. The largest absolute Gasteiger partial charge is 0.507 e. The molecule has 2 saturated heterocycles. The Hall–Kier alpha value is -2.66.